The van der Waals surface area contributed by atoms with Crippen molar-refractivity contribution in [3.8, 4) is 5.88 Å². The Kier molecular flexibility index (Phi) is 2.63. The molecule has 0 saturated carbocycles. The molecule has 64 valence electrons. The lowest BCUT2D eigenvalue weighted by Crippen LogP contribution is -2.04. The van der Waals surface area contributed by atoms with E-state index in [4.69, 9.17) is 14.9 Å². The fourth-order valence-corrected chi connectivity index (χ4v) is 0.836. The van der Waals surface area contributed by atoms with Gasteiger partial charge in [0.15, 0.2) is 0 Å². The van der Waals surface area contributed by atoms with Crippen LogP contribution in [0.1, 0.15) is 5.56 Å². The van der Waals surface area contributed by atoms with Crippen LogP contribution in [0.2, 0.25) is 0 Å². The Morgan fingerprint density at radius 3 is 2.83 bits per heavy atom. The van der Waals surface area contributed by atoms with Crippen LogP contribution >= 0.6 is 0 Å². The minimum absolute atomic E-state index is 0.0555. The van der Waals surface area contributed by atoms with Crippen molar-refractivity contribution in [2.75, 3.05) is 14.2 Å². The highest BCUT2D eigenvalue weighted by molar-refractivity contribution is 5.93. The third-order valence-corrected chi connectivity index (χ3v) is 1.41. The molecule has 1 heterocycles. The molecular weight excluding hydrogens is 156 g/mol. The van der Waals surface area contributed by atoms with E-state index in [1.807, 2.05) is 0 Å². The summed E-state index contributed by atoms with van der Waals surface area (Å²) >= 11 is 0. The smallest absolute Gasteiger partial charge is 0.225 e. The Hall–Kier alpha value is -1.58. The summed E-state index contributed by atoms with van der Waals surface area (Å²) in [6, 6.07) is 3.45. The number of hydrogen-bond donors (Lipinski definition) is 1. The van der Waals surface area contributed by atoms with E-state index in [0.29, 0.717) is 11.4 Å². The molecule has 0 amide bonds. The van der Waals surface area contributed by atoms with Crippen LogP contribution < -0.4 is 4.74 Å². The van der Waals surface area contributed by atoms with Gasteiger partial charge in [-0.2, -0.15) is 0 Å². The number of hydrogen-bond acceptors (Lipinski definition) is 4. The molecule has 0 aliphatic carbocycles. The molecule has 12 heavy (non-hydrogen) atoms. The summed E-state index contributed by atoms with van der Waals surface area (Å²) in [7, 11) is 2.95. The molecule has 0 bridgehead atoms. The molecule has 0 unspecified atom stereocenters. The Morgan fingerprint density at radius 2 is 2.25 bits per heavy atom. The molecule has 4 heteroatoms. The molecule has 1 N–H and O–H groups in total. The Bertz CT molecular complexity index is 286. The maximum absolute atomic E-state index is 7.38. The number of pyridine rings is 1. The third kappa shape index (κ3) is 1.53. The molecule has 0 aliphatic heterocycles. The average Bonchev–Trinajstić information content (AvgIpc) is 2.16. The molecular formula is C8H10N2O2. The predicted molar refractivity (Wildman–Crippen MR) is 44.6 cm³/mol. The van der Waals surface area contributed by atoms with Gasteiger partial charge < -0.3 is 9.47 Å². The molecule has 0 radical (unpaired) electrons. The van der Waals surface area contributed by atoms with Crippen molar-refractivity contribution in [1.82, 2.24) is 4.98 Å². The van der Waals surface area contributed by atoms with Gasteiger partial charge in [0.05, 0.1) is 19.8 Å². The number of rotatable bonds is 2. The van der Waals surface area contributed by atoms with Crippen molar-refractivity contribution >= 4 is 5.90 Å². The summed E-state index contributed by atoms with van der Waals surface area (Å²) in [6.45, 7) is 0. The van der Waals surface area contributed by atoms with E-state index in [1.54, 1.807) is 18.3 Å². The lowest BCUT2D eigenvalue weighted by molar-refractivity contribution is 0.379. The normalized spacial score (nSPS) is 9.17. The zero-order chi connectivity index (χ0) is 8.97. The number of ether oxygens (including phenoxy) is 2. The zero-order valence-electron chi connectivity index (χ0n) is 7.00. The second-order valence-corrected chi connectivity index (χ2v) is 2.09. The van der Waals surface area contributed by atoms with Crippen LogP contribution in [0.15, 0.2) is 18.3 Å². The first-order chi connectivity index (χ1) is 5.79. The maximum Gasteiger partial charge on any atom is 0.225 e. The number of nitrogens with zero attached hydrogens (tertiary/aromatic N) is 1. The van der Waals surface area contributed by atoms with E-state index in [2.05, 4.69) is 4.98 Å². The molecule has 0 fully saturated rings. The summed E-state index contributed by atoms with van der Waals surface area (Å²) in [5.74, 6) is 0.462. The van der Waals surface area contributed by atoms with E-state index < -0.39 is 0 Å². The fourth-order valence-electron chi connectivity index (χ4n) is 0.836. The van der Waals surface area contributed by atoms with E-state index >= 15 is 0 Å². The van der Waals surface area contributed by atoms with Crippen molar-refractivity contribution in [2.24, 2.45) is 0 Å². The van der Waals surface area contributed by atoms with Gasteiger partial charge in [-0.15, -0.1) is 0 Å². The second-order valence-electron chi connectivity index (χ2n) is 2.09. The summed E-state index contributed by atoms with van der Waals surface area (Å²) in [6.07, 6.45) is 1.60. The van der Waals surface area contributed by atoms with Gasteiger partial charge in [-0.25, -0.2) is 4.98 Å². The number of methoxy groups -OCH3 is 2. The summed E-state index contributed by atoms with van der Waals surface area (Å²) in [5, 5.41) is 7.38. The van der Waals surface area contributed by atoms with Crippen molar-refractivity contribution in [1.29, 1.82) is 5.41 Å². The molecule has 0 aromatic carbocycles. The van der Waals surface area contributed by atoms with Crippen molar-refractivity contribution in [2.45, 2.75) is 0 Å². The molecule has 0 saturated heterocycles. The first kappa shape index (κ1) is 8.52. The summed E-state index contributed by atoms with van der Waals surface area (Å²) in [5.41, 5.74) is 0.558. The minimum atomic E-state index is 0.0555. The summed E-state index contributed by atoms with van der Waals surface area (Å²) in [4.78, 5) is 3.92. The minimum Gasteiger partial charge on any atom is -0.481 e. The van der Waals surface area contributed by atoms with Crippen molar-refractivity contribution in [3.63, 3.8) is 0 Å². The van der Waals surface area contributed by atoms with E-state index in [9.17, 15) is 0 Å². The predicted octanol–water partition coefficient (Wildman–Crippen LogP) is 1.06. The number of aromatic nitrogens is 1. The fraction of sp³-hybridized carbons (Fsp3) is 0.250. The van der Waals surface area contributed by atoms with Gasteiger partial charge in [0.25, 0.3) is 0 Å². The molecule has 1 rings (SSSR count). The van der Waals surface area contributed by atoms with E-state index in [1.165, 1.54) is 14.2 Å². The van der Waals surface area contributed by atoms with Gasteiger partial charge in [0, 0.05) is 6.20 Å². The average molecular weight is 166 g/mol. The lowest BCUT2D eigenvalue weighted by atomic mass is 10.3. The van der Waals surface area contributed by atoms with Gasteiger partial charge in [-0.1, -0.05) is 0 Å². The van der Waals surface area contributed by atoms with Gasteiger partial charge in [-0.3, -0.25) is 5.41 Å². The molecule has 0 aliphatic rings. The topological polar surface area (TPSA) is 55.2 Å². The van der Waals surface area contributed by atoms with Crippen LogP contribution in [0.25, 0.3) is 0 Å². The standard InChI is InChI=1S/C8H10N2O2/c1-11-7(9)6-4-3-5-10-8(6)12-2/h3-5,9H,1-2H3. The molecule has 1 aromatic rings. The molecule has 1 aromatic heterocycles. The maximum atomic E-state index is 7.38. The van der Waals surface area contributed by atoms with Crippen molar-refractivity contribution < 1.29 is 9.47 Å². The summed E-state index contributed by atoms with van der Waals surface area (Å²) < 4.78 is 9.68. The first-order valence-corrected chi connectivity index (χ1v) is 3.41. The third-order valence-electron chi connectivity index (χ3n) is 1.41. The van der Waals surface area contributed by atoms with Crippen LogP contribution in [0.4, 0.5) is 0 Å². The van der Waals surface area contributed by atoms with E-state index in [-0.39, 0.29) is 5.90 Å². The molecule has 0 atom stereocenters. The van der Waals surface area contributed by atoms with Crippen LogP contribution in [-0.2, 0) is 4.74 Å². The van der Waals surface area contributed by atoms with Gasteiger partial charge in [-0.05, 0) is 12.1 Å². The Balaban J connectivity index is 3.04. The van der Waals surface area contributed by atoms with E-state index in [0.717, 1.165) is 0 Å². The largest absolute Gasteiger partial charge is 0.481 e. The van der Waals surface area contributed by atoms with Crippen molar-refractivity contribution in [3.05, 3.63) is 23.9 Å². The highest BCUT2D eigenvalue weighted by Crippen LogP contribution is 2.13. The van der Waals surface area contributed by atoms with Crippen LogP contribution in [-0.4, -0.2) is 25.1 Å². The highest BCUT2D eigenvalue weighted by atomic mass is 16.5. The zero-order valence-corrected chi connectivity index (χ0v) is 7.00. The van der Waals surface area contributed by atoms with Gasteiger partial charge in [0.2, 0.25) is 11.8 Å². The van der Waals surface area contributed by atoms with Crippen LogP contribution in [0, 0.1) is 5.41 Å². The molecule has 4 nitrogen and oxygen atoms in total. The second kappa shape index (κ2) is 3.71. The first-order valence-electron chi connectivity index (χ1n) is 3.41. The monoisotopic (exact) mass is 166 g/mol. The Morgan fingerprint density at radius 1 is 1.50 bits per heavy atom. The van der Waals surface area contributed by atoms with Gasteiger partial charge >= 0.3 is 0 Å². The van der Waals surface area contributed by atoms with Crippen LogP contribution in [0.5, 0.6) is 5.88 Å². The quantitative estimate of drug-likeness (QED) is 0.528. The highest BCUT2D eigenvalue weighted by Gasteiger charge is 2.08. The van der Waals surface area contributed by atoms with Crippen LogP contribution in [0.3, 0.4) is 0 Å². The SMILES string of the molecule is COC(=N)c1cccnc1OC. The van der Waals surface area contributed by atoms with Gasteiger partial charge in [0.1, 0.15) is 0 Å². The molecule has 0 spiro atoms. The number of nitrogens with one attached hydrogen (secondary N) is 1. The Labute approximate surface area is 70.7 Å². The lowest BCUT2D eigenvalue weighted by Gasteiger charge is -2.05.